The molecule has 1 atom stereocenters. The minimum atomic E-state index is 0.335. The van der Waals surface area contributed by atoms with E-state index in [1.54, 1.807) is 0 Å². The maximum atomic E-state index is 5.69. The standard InChI is InChI=1S/C11H13BrO/c12-10-6-4-9(5-7-10)11-3-1-2-8-13-11/h4-7,11H,1-3,8H2. The molecule has 0 spiro atoms. The highest BCUT2D eigenvalue weighted by Crippen LogP contribution is 2.28. The van der Waals surface area contributed by atoms with Gasteiger partial charge in [0.25, 0.3) is 0 Å². The third-order valence-corrected chi connectivity index (χ3v) is 2.95. The van der Waals surface area contributed by atoms with Crippen LogP contribution in [-0.4, -0.2) is 6.61 Å². The van der Waals surface area contributed by atoms with E-state index in [2.05, 4.69) is 40.2 Å². The normalized spacial score (nSPS) is 23.0. The lowest BCUT2D eigenvalue weighted by Crippen LogP contribution is -2.11. The fourth-order valence-electron chi connectivity index (χ4n) is 1.68. The number of benzene rings is 1. The van der Waals surface area contributed by atoms with Crippen LogP contribution in [0.25, 0.3) is 0 Å². The van der Waals surface area contributed by atoms with Crippen LogP contribution < -0.4 is 0 Å². The first-order valence-electron chi connectivity index (χ1n) is 4.73. The van der Waals surface area contributed by atoms with Crippen molar-refractivity contribution in [2.75, 3.05) is 6.61 Å². The topological polar surface area (TPSA) is 9.23 Å². The van der Waals surface area contributed by atoms with Gasteiger partial charge in [0.1, 0.15) is 0 Å². The van der Waals surface area contributed by atoms with E-state index in [0.29, 0.717) is 6.10 Å². The molecule has 0 aromatic heterocycles. The molecular formula is C11H13BrO. The zero-order valence-electron chi connectivity index (χ0n) is 7.50. The molecule has 2 rings (SSSR count). The number of hydrogen-bond donors (Lipinski definition) is 0. The lowest BCUT2D eigenvalue weighted by molar-refractivity contribution is 0.0149. The summed E-state index contributed by atoms with van der Waals surface area (Å²) in [5.74, 6) is 0. The first-order chi connectivity index (χ1) is 6.36. The molecule has 1 saturated heterocycles. The van der Waals surface area contributed by atoms with Crippen LogP contribution in [0.3, 0.4) is 0 Å². The van der Waals surface area contributed by atoms with Crippen LogP contribution in [0.1, 0.15) is 30.9 Å². The second-order valence-corrected chi connectivity index (χ2v) is 4.32. The summed E-state index contributed by atoms with van der Waals surface area (Å²) in [7, 11) is 0. The lowest BCUT2D eigenvalue weighted by atomic mass is 10.0. The molecule has 1 unspecified atom stereocenters. The van der Waals surface area contributed by atoms with Gasteiger partial charge >= 0.3 is 0 Å². The smallest absolute Gasteiger partial charge is 0.0824 e. The van der Waals surface area contributed by atoms with Gasteiger partial charge in [-0.05, 0) is 37.0 Å². The molecule has 1 heterocycles. The average molecular weight is 241 g/mol. The van der Waals surface area contributed by atoms with Crippen LogP contribution in [0.2, 0.25) is 0 Å². The van der Waals surface area contributed by atoms with E-state index in [9.17, 15) is 0 Å². The molecule has 0 aliphatic carbocycles. The summed E-state index contributed by atoms with van der Waals surface area (Å²) in [5.41, 5.74) is 1.31. The SMILES string of the molecule is Brc1ccc(C2CCCCO2)cc1. The van der Waals surface area contributed by atoms with Gasteiger partial charge in [0.05, 0.1) is 6.10 Å². The summed E-state index contributed by atoms with van der Waals surface area (Å²) in [6.45, 7) is 0.917. The van der Waals surface area contributed by atoms with Crippen LogP contribution in [0.5, 0.6) is 0 Å². The summed E-state index contributed by atoms with van der Waals surface area (Å²) >= 11 is 3.43. The zero-order chi connectivity index (χ0) is 9.10. The Morgan fingerprint density at radius 3 is 2.54 bits per heavy atom. The van der Waals surface area contributed by atoms with Crippen molar-refractivity contribution < 1.29 is 4.74 Å². The Morgan fingerprint density at radius 1 is 1.15 bits per heavy atom. The minimum absolute atomic E-state index is 0.335. The van der Waals surface area contributed by atoms with Gasteiger partial charge in [-0.25, -0.2) is 0 Å². The van der Waals surface area contributed by atoms with E-state index < -0.39 is 0 Å². The largest absolute Gasteiger partial charge is 0.374 e. The van der Waals surface area contributed by atoms with Crippen LogP contribution >= 0.6 is 15.9 Å². The van der Waals surface area contributed by atoms with Crippen LogP contribution in [-0.2, 0) is 4.74 Å². The van der Waals surface area contributed by atoms with E-state index in [1.165, 1.54) is 24.8 Å². The molecule has 1 aliphatic heterocycles. The summed E-state index contributed by atoms with van der Waals surface area (Å²) in [6, 6.07) is 8.43. The highest BCUT2D eigenvalue weighted by Gasteiger charge is 2.15. The first kappa shape index (κ1) is 9.22. The minimum Gasteiger partial charge on any atom is -0.374 e. The van der Waals surface area contributed by atoms with Crippen molar-refractivity contribution in [1.29, 1.82) is 0 Å². The Kier molecular flexibility index (Phi) is 3.01. The molecule has 0 radical (unpaired) electrons. The predicted octanol–water partition coefficient (Wildman–Crippen LogP) is 3.69. The van der Waals surface area contributed by atoms with Gasteiger partial charge in [-0.2, -0.15) is 0 Å². The van der Waals surface area contributed by atoms with Crippen LogP contribution in [0.15, 0.2) is 28.7 Å². The van der Waals surface area contributed by atoms with Crippen molar-refractivity contribution in [3.8, 4) is 0 Å². The van der Waals surface area contributed by atoms with Gasteiger partial charge in [-0.3, -0.25) is 0 Å². The Labute approximate surface area is 87.2 Å². The van der Waals surface area contributed by atoms with Crippen molar-refractivity contribution in [3.63, 3.8) is 0 Å². The van der Waals surface area contributed by atoms with E-state index in [4.69, 9.17) is 4.74 Å². The molecule has 1 fully saturated rings. The van der Waals surface area contributed by atoms with Crippen molar-refractivity contribution in [3.05, 3.63) is 34.3 Å². The van der Waals surface area contributed by atoms with Gasteiger partial charge in [-0.1, -0.05) is 28.1 Å². The molecule has 0 bridgehead atoms. The summed E-state index contributed by atoms with van der Waals surface area (Å²) in [4.78, 5) is 0. The summed E-state index contributed by atoms with van der Waals surface area (Å²) < 4.78 is 6.82. The maximum Gasteiger partial charge on any atom is 0.0824 e. The molecule has 1 aromatic rings. The van der Waals surface area contributed by atoms with Gasteiger partial charge in [0, 0.05) is 11.1 Å². The van der Waals surface area contributed by atoms with Gasteiger partial charge in [0.15, 0.2) is 0 Å². The fraction of sp³-hybridized carbons (Fsp3) is 0.455. The van der Waals surface area contributed by atoms with Gasteiger partial charge < -0.3 is 4.74 Å². The van der Waals surface area contributed by atoms with E-state index >= 15 is 0 Å². The highest BCUT2D eigenvalue weighted by atomic mass is 79.9. The Hall–Kier alpha value is -0.340. The molecule has 1 aromatic carbocycles. The molecule has 1 nitrogen and oxygen atoms in total. The Bertz CT molecular complexity index is 262. The third kappa shape index (κ3) is 2.32. The van der Waals surface area contributed by atoms with Crippen molar-refractivity contribution >= 4 is 15.9 Å². The van der Waals surface area contributed by atoms with Crippen molar-refractivity contribution in [2.45, 2.75) is 25.4 Å². The third-order valence-electron chi connectivity index (χ3n) is 2.42. The quantitative estimate of drug-likeness (QED) is 0.728. The molecule has 0 saturated carbocycles. The van der Waals surface area contributed by atoms with Crippen LogP contribution in [0.4, 0.5) is 0 Å². The van der Waals surface area contributed by atoms with Crippen molar-refractivity contribution in [2.24, 2.45) is 0 Å². The molecule has 13 heavy (non-hydrogen) atoms. The second-order valence-electron chi connectivity index (χ2n) is 3.41. The fourth-order valence-corrected chi connectivity index (χ4v) is 1.95. The Morgan fingerprint density at radius 2 is 1.92 bits per heavy atom. The lowest BCUT2D eigenvalue weighted by Gasteiger charge is -2.22. The molecule has 1 aliphatic rings. The van der Waals surface area contributed by atoms with E-state index in [1.807, 2.05) is 0 Å². The monoisotopic (exact) mass is 240 g/mol. The molecule has 0 amide bonds. The van der Waals surface area contributed by atoms with Gasteiger partial charge in [0.2, 0.25) is 0 Å². The second kappa shape index (κ2) is 4.25. The predicted molar refractivity (Wildman–Crippen MR) is 56.7 cm³/mol. The van der Waals surface area contributed by atoms with Gasteiger partial charge in [-0.15, -0.1) is 0 Å². The first-order valence-corrected chi connectivity index (χ1v) is 5.52. The highest BCUT2D eigenvalue weighted by molar-refractivity contribution is 9.10. The molecule has 70 valence electrons. The number of ether oxygens (including phenoxy) is 1. The molecule has 2 heteroatoms. The Balaban J connectivity index is 2.10. The maximum absolute atomic E-state index is 5.69. The number of hydrogen-bond acceptors (Lipinski definition) is 1. The number of rotatable bonds is 1. The van der Waals surface area contributed by atoms with E-state index in [-0.39, 0.29) is 0 Å². The molecule has 0 N–H and O–H groups in total. The molecular weight excluding hydrogens is 228 g/mol. The van der Waals surface area contributed by atoms with E-state index in [0.717, 1.165) is 11.1 Å². The summed E-state index contributed by atoms with van der Waals surface area (Å²) in [5, 5.41) is 0. The number of halogens is 1. The zero-order valence-corrected chi connectivity index (χ0v) is 9.09. The van der Waals surface area contributed by atoms with Crippen LogP contribution in [0, 0.1) is 0 Å². The summed E-state index contributed by atoms with van der Waals surface area (Å²) in [6.07, 6.45) is 4.01. The van der Waals surface area contributed by atoms with Crippen molar-refractivity contribution in [1.82, 2.24) is 0 Å². The average Bonchev–Trinajstić information content (AvgIpc) is 2.20.